The summed E-state index contributed by atoms with van der Waals surface area (Å²) in [6, 6.07) is 10.3. The Morgan fingerprint density at radius 2 is 1.65 bits per heavy atom. The molecule has 0 saturated heterocycles. The van der Waals surface area contributed by atoms with Crippen LogP contribution in [0.25, 0.3) is 0 Å². The molecular formula is C20H25NO5. The first-order valence-corrected chi connectivity index (χ1v) is 8.37. The Bertz CT molecular complexity index is 760. The molecule has 0 aliphatic carbocycles. The molecule has 0 heterocycles. The number of ether oxygens (including phenoxy) is 4. The second kappa shape index (κ2) is 8.99. The van der Waals surface area contributed by atoms with Gasteiger partial charge in [-0.05, 0) is 50.2 Å². The van der Waals surface area contributed by atoms with Gasteiger partial charge >= 0.3 is 0 Å². The predicted molar refractivity (Wildman–Crippen MR) is 99.6 cm³/mol. The van der Waals surface area contributed by atoms with Crippen molar-refractivity contribution in [2.45, 2.75) is 19.9 Å². The zero-order valence-electron chi connectivity index (χ0n) is 15.8. The molecule has 0 fully saturated rings. The van der Waals surface area contributed by atoms with Crippen molar-refractivity contribution in [2.75, 3.05) is 27.9 Å². The van der Waals surface area contributed by atoms with Crippen molar-refractivity contribution < 1.29 is 23.7 Å². The summed E-state index contributed by atoms with van der Waals surface area (Å²) in [5.41, 5.74) is 1.32. The van der Waals surface area contributed by atoms with E-state index in [4.69, 9.17) is 18.9 Å². The highest BCUT2D eigenvalue weighted by atomic mass is 16.5. The zero-order chi connectivity index (χ0) is 19.1. The van der Waals surface area contributed by atoms with Gasteiger partial charge in [-0.3, -0.25) is 4.79 Å². The average Bonchev–Trinajstić information content (AvgIpc) is 2.67. The summed E-state index contributed by atoms with van der Waals surface area (Å²) in [7, 11) is 4.74. The fraction of sp³-hybridized carbons (Fsp3) is 0.350. The Kier molecular flexibility index (Phi) is 6.72. The van der Waals surface area contributed by atoms with Crippen molar-refractivity contribution in [3.63, 3.8) is 0 Å². The lowest BCUT2D eigenvalue weighted by Gasteiger charge is -2.19. The van der Waals surface area contributed by atoms with E-state index in [2.05, 4.69) is 5.32 Å². The van der Waals surface area contributed by atoms with Crippen LogP contribution < -0.4 is 24.3 Å². The van der Waals surface area contributed by atoms with Crippen LogP contribution in [0.5, 0.6) is 23.0 Å². The maximum Gasteiger partial charge on any atom is 0.251 e. The molecule has 2 aromatic rings. The minimum absolute atomic E-state index is 0.219. The molecule has 0 spiro atoms. The van der Waals surface area contributed by atoms with Gasteiger partial charge in [0.25, 0.3) is 5.91 Å². The quantitative estimate of drug-likeness (QED) is 0.780. The third-order valence-corrected chi connectivity index (χ3v) is 3.98. The highest BCUT2D eigenvalue weighted by Gasteiger charge is 2.17. The summed E-state index contributed by atoms with van der Waals surface area (Å²) in [5, 5.41) is 2.97. The van der Waals surface area contributed by atoms with Gasteiger partial charge in [-0.15, -0.1) is 0 Å². The zero-order valence-corrected chi connectivity index (χ0v) is 15.8. The first-order valence-electron chi connectivity index (χ1n) is 8.37. The monoisotopic (exact) mass is 359 g/mol. The minimum Gasteiger partial charge on any atom is -0.497 e. The molecule has 0 radical (unpaired) electrons. The van der Waals surface area contributed by atoms with Crippen LogP contribution in [0.1, 0.15) is 35.8 Å². The molecule has 6 heteroatoms. The molecule has 0 aromatic heterocycles. The van der Waals surface area contributed by atoms with Crippen molar-refractivity contribution in [1.82, 2.24) is 5.32 Å². The fourth-order valence-corrected chi connectivity index (χ4v) is 2.62. The lowest BCUT2D eigenvalue weighted by molar-refractivity contribution is 0.0939. The summed E-state index contributed by atoms with van der Waals surface area (Å²) < 4.78 is 21.4. The second-order valence-corrected chi connectivity index (χ2v) is 5.60. The number of hydrogen-bond donors (Lipinski definition) is 1. The van der Waals surface area contributed by atoms with E-state index in [-0.39, 0.29) is 11.9 Å². The van der Waals surface area contributed by atoms with Gasteiger partial charge in [0.2, 0.25) is 0 Å². The van der Waals surface area contributed by atoms with Crippen molar-refractivity contribution in [1.29, 1.82) is 0 Å². The van der Waals surface area contributed by atoms with Gasteiger partial charge in [-0.25, -0.2) is 0 Å². The second-order valence-electron chi connectivity index (χ2n) is 5.60. The Hall–Kier alpha value is -2.89. The molecule has 0 saturated carbocycles. The van der Waals surface area contributed by atoms with Crippen molar-refractivity contribution in [3.8, 4) is 23.0 Å². The van der Waals surface area contributed by atoms with Crippen LogP contribution in [0, 0.1) is 0 Å². The van der Waals surface area contributed by atoms with E-state index in [0.717, 1.165) is 5.56 Å². The molecule has 0 aliphatic heterocycles. The largest absolute Gasteiger partial charge is 0.497 e. The van der Waals surface area contributed by atoms with E-state index in [1.807, 2.05) is 32.0 Å². The van der Waals surface area contributed by atoms with Crippen LogP contribution in [0.15, 0.2) is 36.4 Å². The van der Waals surface area contributed by atoms with Gasteiger partial charge < -0.3 is 24.3 Å². The van der Waals surface area contributed by atoms with Gasteiger partial charge in [-0.1, -0.05) is 0 Å². The highest BCUT2D eigenvalue weighted by molar-refractivity contribution is 5.95. The molecule has 0 bridgehead atoms. The molecule has 1 N–H and O–H groups in total. The van der Waals surface area contributed by atoms with E-state index in [1.165, 1.54) is 0 Å². The van der Waals surface area contributed by atoms with Gasteiger partial charge in [0.1, 0.15) is 11.5 Å². The minimum atomic E-state index is -0.273. The first kappa shape index (κ1) is 19.4. The molecule has 1 atom stereocenters. The number of nitrogens with one attached hydrogen (secondary N) is 1. The van der Waals surface area contributed by atoms with Crippen LogP contribution in [0.3, 0.4) is 0 Å². The first-order chi connectivity index (χ1) is 12.5. The molecule has 2 aromatic carbocycles. The van der Waals surface area contributed by atoms with Crippen LogP contribution in [0.4, 0.5) is 0 Å². The van der Waals surface area contributed by atoms with E-state index >= 15 is 0 Å². The Morgan fingerprint density at radius 1 is 0.962 bits per heavy atom. The van der Waals surface area contributed by atoms with Crippen molar-refractivity contribution >= 4 is 5.91 Å². The smallest absolute Gasteiger partial charge is 0.251 e. The predicted octanol–water partition coefficient (Wildman–Crippen LogP) is 3.60. The summed E-state index contributed by atoms with van der Waals surface area (Å²) in [4.78, 5) is 12.6. The van der Waals surface area contributed by atoms with Gasteiger partial charge in [0, 0.05) is 11.1 Å². The van der Waals surface area contributed by atoms with Crippen molar-refractivity contribution in [3.05, 3.63) is 47.5 Å². The molecule has 2 rings (SSSR count). The van der Waals surface area contributed by atoms with Crippen LogP contribution >= 0.6 is 0 Å². The van der Waals surface area contributed by atoms with Crippen molar-refractivity contribution in [2.24, 2.45) is 0 Å². The number of carbonyl (C=O) groups excluding carboxylic acids is 1. The molecule has 0 aliphatic rings. The number of amides is 1. The fourth-order valence-electron chi connectivity index (χ4n) is 2.62. The molecular weight excluding hydrogens is 334 g/mol. The third kappa shape index (κ3) is 4.39. The summed E-state index contributed by atoms with van der Waals surface area (Å²) in [6.45, 7) is 4.30. The summed E-state index contributed by atoms with van der Waals surface area (Å²) in [6.07, 6.45) is 0. The standard InChI is InChI=1S/C20H25NO5/c1-6-26-18-9-7-14(11-19(18)25-5)20(22)21-13(2)16-12-15(23-3)8-10-17(16)24-4/h7-13H,6H2,1-5H3,(H,21,22)/t13-/m0/s1. The molecule has 6 nitrogen and oxygen atoms in total. The summed E-state index contributed by atoms with van der Waals surface area (Å²) in [5.74, 6) is 2.29. The number of benzene rings is 2. The topological polar surface area (TPSA) is 66.0 Å². The molecule has 0 unspecified atom stereocenters. The van der Waals surface area contributed by atoms with Gasteiger partial charge in [0.15, 0.2) is 11.5 Å². The summed E-state index contributed by atoms with van der Waals surface area (Å²) >= 11 is 0. The molecule has 26 heavy (non-hydrogen) atoms. The third-order valence-electron chi connectivity index (χ3n) is 3.98. The molecule has 1 amide bonds. The van der Waals surface area contributed by atoms with E-state index < -0.39 is 0 Å². The normalized spacial score (nSPS) is 11.4. The maximum atomic E-state index is 12.6. The highest BCUT2D eigenvalue weighted by Crippen LogP contribution is 2.31. The Labute approximate surface area is 154 Å². The van der Waals surface area contributed by atoms with Crippen LogP contribution in [0.2, 0.25) is 0 Å². The lowest BCUT2D eigenvalue weighted by Crippen LogP contribution is -2.27. The van der Waals surface area contributed by atoms with E-state index in [9.17, 15) is 4.79 Å². The number of rotatable bonds is 8. The van der Waals surface area contributed by atoms with E-state index in [1.54, 1.807) is 39.5 Å². The average molecular weight is 359 g/mol. The maximum absolute atomic E-state index is 12.6. The lowest BCUT2D eigenvalue weighted by atomic mass is 10.1. The van der Waals surface area contributed by atoms with Crippen LogP contribution in [-0.2, 0) is 0 Å². The SMILES string of the molecule is CCOc1ccc(C(=O)N[C@@H](C)c2cc(OC)ccc2OC)cc1OC. The van der Waals surface area contributed by atoms with Gasteiger partial charge in [0.05, 0.1) is 34.0 Å². The van der Waals surface area contributed by atoms with Gasteiger partial charge in [-0.2, -0.15) is 0 Å². The van der Waals surface area contributed by atoms with E-state index in [0.29, 0.717) is 35.2 Å². The number of methoxy groups -OCH3 is 3. The Balaban J connectivity index is 2.21. The number of carbonyl (C=O) groups is 1. The Morgan fingerprint density at radius 3 is 2.27 bits per heavy atom. The number of hydrogen-bond acceptors (Lipinski definition) is 5. The molecule has 140 valence electrons. The van der Waals surface area contributed by atoms with Crippen LogP contribution in [-0.4, -0.2) is 33.8 Å².